The summed E-state index contributed by atoms with van der Waals surface area (Å²) in [5.74, 6) is 2.12. The van der Waals surface area contributed by atoms with Gasteiger partial charge in [0.05, 0.1) is 11.7 Å². The first-order chi connectivity index (χ1) is 17.8. The summed E-state index contributed by atoms with van der Waals surface area (Å²) in [5, 5.41) is 8.93. The van der Waals surface area contributed by atoms with Crippen LogP contribution >= 0.6 is 0 Å². The molecule has 3 fully saturated rings. The van der Waals surface area contributed by atoms with Crippen molar-refractivity contribution in [2.24, 2.45) is 39.4 Å². The molecule has 0 saturated heterocycles. The van der Waals surface area contributed by atoms with Crippen molar-refractivity contribution in [3.05, 3.63) is 41.8 Å². The molecular formula is C32H44N4O2. The van der Waals surface area contributed by atoms with E-state index < -0.39 is 0 Å². The molecule has 2 heterocycles. The Morgan fingerprint density at radius 1 is 1.00 bits per heavy atom. The predicted molar refractivity (Wildman–Crippen MR) is 145 cm³/mol. The van der Waals surface area contributed by atoms with Crippen molar-refractivity contribution in [2.45, 2.75) is 111 Å². The third-order valence-electron chi connectivity index (χ3n) is 13.2. The minimum Gasteiger partial charge on any atom is -0.361 e. The van der Waals surface area contributed by atoms with Gasteiger partial charge in [-0.3, -0.25) is 4.79 Å². The Kier molecular flexibility index (Phi) is 4.75. The highest BCUT2D eigenvalue weighted by molar-refractivity contribution is 5.95. The summed E-state index contributed by atoms with van der Waals surface area (Å²) in [6, 6.07) is 0. The molecule has 5 aliphatic carbocycles. The second kappa shape index (κ2) is 7.28. The Morgan fingerprint density at radius 2 is 1.76 bits per heavy atom. The van der Waals surface area contributed by atoms with Crippen molar-refractivity contribution in [1.82, 2.24) is 19.9 Å². The highest BCUT2D eigenvalue weighted by Crippen LogP contribution is 2.74. The second-order valence-electron chi connectivity index (χ2n) is 15.7. The third kappa shape index (κ3) is 2.80. The fourth-order valence-electron chi connectivity index (χ4n) is 11.1. The van der Waals surface area contributed by atoms with Crippen LogP contribution < -0.4 is 0 Å². The number of carbonyl (C=O) groups is 1. The van der Waals surface area contributed by atoms with E-state index in [2.05, 4.69) is 69.4 Å². The lowest BCUT2D eigenvalue weighted by Crippen LogP contribution is -2.66. The lowest BCUT2D eigenvalue weighted by atomic mass is 9.34. The minimum absolute atomic E-state index is 0.0108. The zero-order chi connectivity index (χ0) is 26.9. The van der Waals surface area contributed by atoms with Gasteiger partial charge in [0.2, 0.25) is 0 Å². The van der Waals surface area contributed by atoms with Crippen LogP contribution in [0.5, 0.6) is 0 Å². The topological polar surface area (TPSA) is 73.8 Å². The van der Waals surface area contributed by atoms with Gasteiger partial charge in [-0.05, 0) is 90.9 Å². The molecule has 0 aromatic carbocycles. The Bertz CT molecular complexity index is 1340. The summed E-state index contributed by atoms with van der Waals surface area (Å²) in [6.07, 6.45) is 16.3. The van der Waals surface area contributed by atoms with Crippen LogP contribution in [0.25, 0.3) is 0 Å². The first-order valence-electron chi connectivity index (χ1n) is 14.8. The molecule has 6 heteroatoms. The molecule has 38 heavy (non-hydrogen) atoms. The Labute approximate surface area is 227 Å². The van der Waals surface area contributed by atoms with E-state index in [-0.39, 0.29) is 44.4 Å². The number of aromatic nitrogens is 4. The van der Waals surface area contributed by atoms with Crippen molar-refractivity contribution in [3.8, 4) is 0 Å². The van der Waals surface area contributed by atoms with Crippen LogP contribution in [0.4, 0.5) is 0 Å². The number of carbonyl (C=O) groups excluding carboxylic acids is 1. The zero-order valence-electron chi connectivity index (χ0n) is 24.3. The van der Waals surface area contributed by atoms with Gasteiger partial charge in [-0.15, -0.1) is 0 Å². The summed E-state index contributed by atoms with van der Waals surface area (Å²) >= 11 is 0. The smallest absolute Gasteiger partial charge is 0.159 e. The van der Waals surface area contributed by atoms with Gasteiger partial charge in [0, 0.05) is 16.9 Å². The van der Waals surface area contributed by atoms with E-state index in [1.165, 1.54) is 11.1 Å². The van der Waals surface area contributed by atoms with Crippen molar-refractivity contribution >= 4 is 5.78 Å². The molecule has 0 amide bonds. The average molecular weight is 517 g/mol. The first-order valence-corrected chi connectivity index (χ1v) is 14.8. The van der Waals surface area contributed by atoms with Crippen molar-refractivity contribution < 1.29 is 9.32 Å². The van der Waals surface area contributed by atoms with E-state index in [0.717, 1.165) is 57.1 Å². The largest absolute Gasteiger partial charge is 0.361 e. The quantitative estimate of drug-likeness (QED) is 0.423. The minimum atomic E-state index is -0.112. The number of hydrogen-bond donors (Lipinski definition) is 0. The third-order valence-corrected chi connectivity index (χ3v) is 13.2. The summed E-state index contributed by atoms with van der Waals surface area (Å²) in [7, 11) is 0. The standard InChI is InChI=1S/C32H44N4O2/c1-27(2)10-12-32(36-19-33-18-34-36)13-11-31(7)25(21(32)16-27)22(37)14-24-29(5)15-20-17-35-38-26(20)28(3,4)23(29)8-9-30(24,31)6/h14,17-19,21,23,25H,8-13,15-16H2,1-7H3/t21-,23-,25-,29-,30+,31+,32-/m0/s1. The first kappa shape index (κ1) is 24.8. The summed E-state index contributed by atoms with van der Waals surface area (Å²) in [5.41, 5.74) is 2.46. The van der Waals surface area contributed by atoms with E-state index in [9.17, 15) is 4.79 Å². The lowest BCUT2D eigenvalue weighted by Gasteiger charge is -2.69. The Hall–Kier alpha value is -2.24. The molecule has 5 aliphatic rings. The average Bonchev–Trinajstić information content (AvgIpc) is 3.53. The Balaban J connectivity index is 1.39. The van der Waals surface area contributed by atoms with Crippen LogP contribution in [0, 0.1) is 39.4 Å². The molecule has 7 atom stereocenters. The maximum absolute atomic E-state index is 14.6. The van der Waals surface area contributed by atoms with Crippen LogP contribution in [-0.2, 0) is 22.2 Å². The SMILES string of the molecule is CC1(C)CC[C@]2(n3cncn3)CC[C@]3(C)[C@H](C(=O)C=C4[C@@]5(C)Cc6cnoc6C(C)(C)[C@@H]5CC[C@]43C)[C@@H]2C1. The van der Waals surface area contributed by atoms with E-state index in [0.29, 0.717) is 11.7 Å². The maximum atomic E-state index is 14.6. The van der Waals surface area contributed by atoms with Gasteiger partial charge in [0.1, 0.15) is 18.4 Å². The number of hydrogen-bond acceptors (Lipinski definition) is 5. The van der Waals surface area contributed by atoms with E-state index in [4.69, 9.17) is 9.62 Å². The van der Waals surface area contributed by atoms with Crippen LogP contribution in [0.3, 0.4) is 0 Å². The van der Waals surface area contributed by atoms with Gasteiger partial charge in [-0.2, -0.15) is 5.10 Å². The molecule has 2 aromatic rings. The van der Waals surface area contributed by atoms with Crippen LogP contribution in [0.2, 0.25) is 0 Å². The molecule has 0 N–H and O–H groups in total. The molecule has 3 saturated carbocycles. The van der Waals surface area contributed by atoms with Gasteiger partial charge in [0.15, 0.2) is 5.78 Å². The van der Waals surface area contributed by atoms with Gasteiger partial charge >= 0.3 is 0 Å². The Morgan fingerprint density at radius 3 is 2.50 bits per heavy atom. The summed E-state index contributed by atoms with van der Waals surface area (Å²) in [6.45, 7) is 16.9. The molecule has 2 aromatic heterocycles. The highest BCUT2D eigenvalue weighted by atomic mass is 16.5. The number of ketones is 1. The number of fused-ring (bicyclic) bond motifs is 8. The zero-order valence-corrected chi connectivity index (χ0v) is 24.3. The van der Waals surface area contributed by atoms with Crippen molar-refractivity contribution in [2.75, 3.05) is 0 Å². The van der Waals surface area contributed by atoms with Gasteiger partial charge in [0.25, 0.3) is 0 Å². The van der Waals surface area contributed by atoms with Crippen molar-refractivity contribution in [3.63, 3.8) is 0 Å². The molecule has 0 aliphatic heterocycles. The molecule has 0 bridgehead atoms. The number of rotatable bonds is 1. The van der Waals surface area contributed by atoms with E-state index >= 15 is 0 Å². The molecule has 0 radical (unpaired) electrons. The molecular weight excluding hydrogens is 472 g/mol. The summed E-state index contributed by atoms with van der Waals surface area (Å²) < 4.78 is 7.98. The monoisotopic (exact) mass is 516 g/mol. The van der Waals surface area contributed by atoms with Crippen LogP contribution in [0.15, 0.2) is 35.0 Å². The molecule has 6 nitrogen and oxygen atoms in total. The fraction of sp³-hybridized carbons (Fsp3) is 0.750. The van der Waals surface area contributed by atoms with Crippen LogP contribution in [0.1, 0.15) is 105 Å². The van der Waals surface area contributed by atoms with Gasteiger partial charge in [-0.25, -0.2) is 9.67 Å². The molecule has 204 valence electrons. The molecule has 0 unspecified atom stereocenters. The van der Waals surface area contributed by atoms with Gasteiger partial charge in [-0.1, -0.05) is 59.2 Å². The summed E-state index contributed by atoms with van der Waals surface area (Å²) in [4.78, 5) is 19.0. The maximum Gasteiger partial charge on any atom is 0.159 e. The highest BCUT2D eigenvalue weighted by Gasteiger charge is 2.70. The second-order valence-corrected chi connectivity index (χ2v) is 15.7. The number of allylic oxidation sites excluding steroid dienone is 2. The van der Waals surface area contributed by atoms with E-state index in [1.807, 2.05) is 12.5 Å². The van der Waals surface area contributed by atoms with E-state index in [1.54, 1.807) is 6.33 Å². The number of nitrogens with zero attached hydrogens (tertiary/aromatic N) is 4. The van der Waals surface area contributed by atoms with Gasteiger partial charge < -0.3 is 4.52 Å². The van der Waals surface area contributed by atoms with Crippen LogP contribution in [-0.4, -0.2) is 25.7 Å². The predicted octanol–water partition coefficient (Wildman–Crippen LogP) is 6.67. The molecule has 7 rings (SSSR count). The van der Waals surface area contributed by atoms with Crippen molar-refractivity contribution in [1.29, 1.82) is 0 Å². The normalized spacial score (nSPS) is 44.7. The molecule has 0 spiro atoms. The lowest BCUT2D eigenvalue weighted by molar-refractivity contribution is -0.169. The fourth-order valence-corrected chi connectivity index (χ4v) is 11.1.